The minimum atomic E-state index is 1.09. The lowest BCUT2D eigenvalue weighted by atomic mass is 10.0. The van der Waals surface area contributed by atoms with Gasteiger partial charge in [0.25, 0.3) is 0 Å². The van der Waals surface area contributed by atoms with E-state index in [1.165, 1.54) is 40.4 Å². The van der Waals surface area contributed by atoms with Gasteiger partial charge in [0.2, 0.25) is 0 Å². The number of allylic oxidation sites excluding steroid dienone is 1. The fourth-order valence-electron chi connectivity index (χ4n) is 1.91. The zero-order valence-electron chi connectivity index (χ0n) is 8.52. The summed E-state index contributed by atoms with van der Waals surface area (Å²) in [5, 5.41) is 0. The molecular formula is C13H15Br. The van der Waals surface area contributed by atoms with Gasteiger partial charge in [-0.2, -0.15) is 0 Å². The maximum atomic E-state index is 3.65. The molecule has 14 heavy (non-hydrogen) atoms. The van der Waals surface area contributed by atoms with Gasteiger partial charge in [-0.15, -0.1) is 0 Å². The number of hydrogen-bond donors (Lipinski definition) is 0. The van der Waals surface area contributed by atoms with Gasteiger partial charge in [0.1, 0.15) is 0 Å². The molecule has 0 aromatic heterocycles. The van der Waals surface area contributed by atoms with E-state index < -0.39 is 0 Å². The predicted octanol–water partition coefficient (Wildman–Crippen LogP) is 4.36. The van der Waals surface area contributed by atoms with Gasteiger partial charge in [-0.25, -0.2) is 0 Å². The number of unbranched alkanes of at least 4 members (excludes halogenated alkanes) is 1. The Hall–Kier alpha value is -0.560. The standard InChI is InChI=1S/C13H15Br/c1-2-3-5-10-8-11-6-4-7-12(11)13(14)9-10/h4,6,8-9H,2-3,5,7H2,1H3. The predicted molar refractivity (Wildman–Crippen MR) is 65.5 cm³/mol. The maximum absolute atomic E-state index is 3.65. The van der Waals surface area contributed by atoms with Crippen LogP contribution in [0.2, 0.25) is 0 Å². The van der Waals surface area contributed by atoms with Gasteiger partial charge in [0.15, 0.2) is 0 Å². The zero-order chi connectivity index (χ0) is 9.97. The Morgan fingerprint density at radius 3 is 3.00 bits per heavy atom. The van der Waals surface area contributed by atoms with Crippen LogP contribution in [0.25, 0.3) is 6.08 Å². The van der Waals surface area contributed by atoms with Crippen LogP contribution in [0.5, 0.6) is 0 Å². The van der Waals surface area contributed by atoms with Gasteiger partial charge in [-0.05, 0) is 42.0 Å². The molecule has 0 unspecified atom stereocenters. The molecular weight excluding hydrogens is 236 g/mol. The van der Waals surface area contributed by atoms with Gasteiger partial charge in [-0.1, -0.05) is 47.5 Å². The molecule has 0 saturated carbocycles. The lowest BCUT2D eigenvalue weighted by Crippen LogP contribution is -1.90. The van der Waals surface area contributed by atoms with Gasteiger partial charge < -0.3 is 0 Å². The molecule has 0 fully saturated rings. The number of aryl methyl sites for hydroxylation is 1. The van der Waals surface area contributed by atoms with Crippen LogP contribution in [-0.4, -0.2) is 0 Å². The first-order chi connectivity index (χ1) is 6.81. The second kappa shape index (κ2) is 4.31. The third-order valence-corrected chi connectivity index (χ3v) is 3.44. The van der Waals surface area contributed by atoms with Crippen molar-refractivity contribution >= 4 is 22.0 Å². The third-order valence-electron chi connectivity index (χ3n) is 2.73. The summed E-state index contributed by atoms with van der Waals surface area (Å²) in [4.78, 5) is 0. The summed E-state index contributed by atoms with van der Waals surface area (Å²) in [6.07, 6.45) is 9.31. The summed E-state index contributed by atoms with van der Waals surface area (Å²) in [7, 11) is 0. The Balaban J connectivity index is 2.27. The van der Waals surface area contributed by atoms with Crippen molar-refractivity contribution in [3.63, 3.8) is 0 Å². The number of benzene rings is 1. The van der Waals surface area contributed by atoms with Crippen LogP contribution in [0.4, 0.5) is 0 Å². The van der Waals surface area contributed by atoms with Crippen LogP contribution in [-0.2, 0) is 12.8 Å². The van der Waals surface area contributed by atoms with Crippen LogP contribution in [0.3, 0.4) is 0 Å². The molecule has 1 aliphatic rings. The average molecular weight is 251 g/mol. The number of fused-ring (bicyclic) bond motifs is 1. The first-order valence-electron chi connectivity index (χ1n) is 5.29. The highest BCUT2D eigenvalue weighted by atomic mass is 79.9. The van der Waals surface area contributed by atoms with Crippen LogP contribution < -0.4 is 0 Å². The molecule has 1 aromatic carbocycles. The van der Waals surface area contributed by atoms with E-state index in [1.807, 2.05) is 0 Å². The number of rotatable bonds is 3. The molecule has 0 atom stereocenters. The topological polar surface area (TPSA) is 0 Å². The summed E-state index contributed by atoms with van der Waals surface area (Å²) in [6, 6.07) is 4.61. The highest BCUT2D eigenvalue weighted by Gasteiger charge is 2.09. The van der Waals surface area contributed by atoms with Gasteiger partial charge in [0, 0.05) is 4.47 Å². The van der Waals surface area contributed by atoms with Crippen LogP contribution in [0, 0.1) is 0 Å². The summed E-state index contributed by atoms with van der Waals surface area (Å²) < 4.78 is 1.28. The Bertz CT molecular complexity index is 364. The molecule has 0 saturated heterocycles. The molecule has 2 rings (SSSR count). The van der Waals surface area contributed by atoms with Crippen molar-refractivity contribution in [3.8, 4) is 0 Å². The van der Waals surface area contributed by atoms with Crippen molar-refractivity contribution in [2.24, 2.45) is 0 Å². The summed E-state index contributed by atoms with van der Waals surface area (Å²) in [5.41, 5.74) is 4.32. The Kier molecular flexibility index (Phi) is 3.07. The minimum Gasteiger partial charge on any atom is -0.0795 e. The van der Waals surface area contributed by atoms with Crippen molar-refractivity contribution < 1.29 is 0 Å². The van der Waals surface area contributed by atoms with Crippen molar-refractivity contribution in [2.75, 3.05) is 0 Å². The number of halogens is 1. The van der Waals surface area contributed by atoms with Crippen molar-refractivity contribution in [1.29, 1.82) is 0 Å². The van der Waals surface area contributed by atoms with E-state index in [9.17, 15) is 0 Å². The average Bonchev–Trinajstić information content (AvgIpc) is 2.63. The summed E-state index contributed by atoms with van der Waals surface area (Å²) in [5.74, 6) is 0. The van der Waals surface area contributed by atoms with E-state index in [0.717, 1.165) is 6.42 Å². The SMILES string of the molecule is CCCCc1cc(Br)c2c(c1)C=CC2. The van der Waals surface area contributed by atoms with E-state index in [-0.39, 0.29) is 0 Å². The second-order valence-electron chi connectivity index (χ2n) is 3.86. The minimum absolute atomic E-state index is 1.09. The lowest BCUT2D eigenvalue weighted by molar-refractivity contribution is 0.794. The van der Waals surface area contributed by atoms with Crippen LogP contribution in [0.1, 0.15) is 36.5 Å². The van der Waals surface area contributed by atoms with E-state index in [1.54, 1.807) is 0 Å². The molecule has 1 aliphatic carbocycles. The van der Waals surface area contributed by atoms with Crippen molar-refractivity contribution in [3.05, 3.63) is 39.4 Å². The molecule has 1 heteroatoms. The molecule has 0 aliphatic heterocycles. The summed E-state index contributed by atoms with van der Waals surface area (Å²) >= 11 is 3.65. The molecule has 0 N–H and O–H groups in total. The molecule has 0 spiro atoms. The Morgan fingerprint density at radius 1 is 1.36 bits per heavy atom. The fourth-order valence-corrected chi connectivity index (χ4v) is 2.59. The quantitative estimate of drug-likeness (QED) is 0.748. The van der Waals surface area contributed by atoms with Crippen LogP contribution in [0.15, 0.2) is 22.7 Å². The first kappa shape index (κ1) is 9.97. The smallest absolute Gasteiger partial charge is 0.0219 e. The first-order valence-corrected chi connectivity index (χ1v) is 6.08. The fraction of sp³-hybridized carbons (Fsp3) is 0.385. The lowest BCUT2D eigenvalue weighted by Gasteiger charge is -2.06. The molecule has 0 amide bonds. The largest absolute Gasteiger partial charge is 0.0795 e. The molecule has 0 bridgehead atoms. The Labute approximate surface area is 94.2 Å². The zero-order valence-corrected chi connectivity index (χ0v) is 10.1. The molecule has 1 aromatic rings. The maximum Gasteiger partial charge on any atom is 0.0219 e. The van der Waals surface area contributed by atoms with Crippen molar-refractivity contribution in [1.82, 2.24) is 0 Å². The van der Waals surface area contributed by atoms with Crippen LogP contribution >= 0.6 is 15.9 Å². The second-order valence-corrected chi connectivity index (χ2v) is 4.71. The van der Waals surface area contributed by atoms with E-state index >= 15 is 0 Å². The van der Waals surface area contributed by atoms with Gasteiger partial charge >= 0.3 is 0 Å². The van der Waals surface area contributed by atoms with E-state index in [2.05, 4.69) is 47.1 Å². The van der Waals surface area contributed by atoms with Gasteiger partial charge in [0.05, 0.1) is 0 Å². The molecule has 74 valence electrons. The normalized spacial score (nSPS) is 13.3. The molecule has 0 nitrogen and oxygen atoms in total. The third kappa shape index (κ3) is 1.93. The highest BCUT2D eigenvalue weighted by molar-refractivity contribution is 9.10. The van der Waals surface area contributed by atoms with Gasteiger partial charge in [-0.3, -0.25) is 0 Å². The number of hydrogen-bond acceptors (Lipinski definition) is 0. The molecule has 0 heterocycles. The van der Waals surface area contributed by atoms with Crippen molar-refractivity contribution in [2.45, 2.75) is 32.6 Å². The molecule has 0 radical (unpaired) electrons. The monoisotopic (exact) mass is 250 g/mol. The highest BCUT2D eigenvalue weighted by Crippen LogP contribution is 2.29. The van der Waals surface area contributed by atoms with E-state index in [4.69, 9.17) is 0 Å². The summed E-state index contributed by atoms with van der Waals surface area (Å²) in [6.45, 7) is 2.24. The van der Waals surface area contributed by atoms with E-state index in [0.29, 0.717) is 0 Å². The Morgan fingerprint density at radius 2 is 2.21 bits per heavy atom.